The minimum atomic E-state index is -0.763. The molecule has 5 heteroatoms. The van der Waals surface area contributed by atoms with Gasteiger partial charge in [-0.05, 0) is 29.8 Å². The number of rotatable bonds is 2. The van der Waals surface area contributed by atoms with E-state index in [0.29, 0.717) is 16.7 Å². The van der Waals surface area contributed by atoms with Crippen LogP contribution in [0.15, 0.2) is 58.8 Å². The molecule has 1 atom stereocenters. The maximum atomic E-state index is 11.7. The Morgan fingerprint density at radius 2 is 1.76 bits per heavy atom. The van der Waals surface area contributed by atoms with E-state index in [1.54, 1.807) is 24.3 Å². The normalized spacial score (nSPS) is 18.0. The zero-order valence-corrected chi connectivity index (χ0v) is 12.4. The standard InChI is InChI=1S/C16H11BrO4/c17-11-6-4-9(5-7-11)13-14(19)16(20)21-15(13)10-2-1-3-12(18)8-10/h1-8,15,18-19H/t15-/m1/s1. The number of aliphatic hydroxyl groups excluding tert-OH is 1. The Kier molecular flexibility index (Phi) is 3.43. The van der Waals surface area contributed by atoms with Crippen LogP contribution >= 0.6 is 15.9 Å². The molecular weight excluding hydrogens is 336 g/mol. The van der Waals surface area contributed by atoms with Crippen molar-refractivity contribution >= 4 is 27.5 Å². The fourth-order valence-corrected chi connectivity index (χ4v) is 2.56. The molecule has 3 rings (SSSR count). The zero-order chi connectivity index (χ0) is 15.0. The number of carbonyl (C=O) groups excluding carboxylic acids is 1. The third kappa shape index (κ3) is 2.52. The second-order valence-electron chi connectivity index (χ2n) is 4.65. The number of ether oxygens (including phenoxy) is 1. The van der Waals surface area contributed by atoms with E-state index in [1.807, 2.05) is 12.1 Å². The fourth-order valence-electron chi connectivity index (χ4n) is 2.30. The van der Waals surface area contributed by atoms with E-state index in [4.69, 9.17) is 4.74 Å². The van der Waals surface area contributed by atoms with Gasteiger partial charge in [0, 0.05) is 10.0 Å². The molecule has 4 nitrogen and oxygen atoms in total. The van der Waals surface area contributed by atoms with Gasteiger partial charge in [0.15, 0.2) is 6.10 Å². The first-order valence-corrected chi connectivity index (χ1v) is 7.04. The lowest BCUT2D eigenvalue weighted by Crippen LogP contribution is -2.03. The first kappa shape index (κ1) is 13.7. The zero-order valence-electron chi connectivity index (χ0n) is 10.8. The Labute approximate surface area is 129 Å². The second kappa shape index (κ2) is 5.26. The van der Waals surface area contributed by atoms with Crippen LogP contribution in [0.25, 0.3) is 5.57 Å². The fraction of sp³-hybridized carbons (Fsp3) is 0.0625. The third-order valence-corrected chi connectivity index (χ3v) is 3.79. The second-order valence-corrected chi connectivity index (χ2v) is 5.57. The highest BCUT2D eigenvalue weighted by atomic mass is 79.9. The van der Waals surface area contributed by atoms with Gasteiger partial charge < -0.3 is 14.9 Å². The molecule has 0 spiro atoms. The molecule has 0 saturated heterocycles. The van der Waals surface area contributed by atoms with Crippen molar-refractivity contribution in [3.63, 3.8) is 0 Å². The summed E-state index contributed by atoms with van der Waals surface area (Å²) >= 11 is 3.34. The topological polar surface area (TPSA) is 66.8 Å². The Morgan fingerprint density at radius 1 is 1.05 bits per heavy atom. The molecule has 21 heavy (non-hydrogen) atoms. The number of benzene rings is 2. The van der Waals surface area contributed by atoms with Crippen molar-refractivity contribution in [2.45, 2.75) is 6.10 Å². The first-order valence-electron chi connectivity index (χ1n) is 6.25. The van der Waals surface area contributed by atoms with E-state index in [9.17, 15) is 15.0 Å². The van der Waals surface area contributed by atoms with Crippen LogP contribution in [0.4, 0.5) is 0 Å². The quantitative estimate of drug-likeness (QED) is 0.813. The molecule has 0 amide bonds. The van der Waals surface area contributed by atoms with Crippen LogP contribution < -0.4 is 0 Å². The number of aromatic hydroxyl groups is 1. The van der Waals surface area contributed by atoms with Crippen molar-refractivity contribution in [2.24, 2.45) is 0 Å². The van der Waals surface area contributed by atoms with Crippen molar-refractivity contribution in [1.82, 2.24) is 0 Å². The van der Waals surface area contributed by atoms with Crippen LogP contribution in [0.2, 0.25) is 0 Å². The summed E-state index contributed by atoms with van der Waals surface area (Å²) in [4.78, 5) is 11.7. The van der Waals surface area contributed by atoms with Gasteiger partial charge in [-0.1, -0.05) is 40.2 Å². The van der Waals surface area contributed by atoms with Crippen LogP contribution in [0, 0.1) is 0 Å². The predicted molar refractivity (Wildman–Crippen MR) is 80.6 cm³/mol. The van der Waals surface area contributed by atoms with E-state index in [2.05, 4.69) is 15.9 Å². The van der Waals surface area contributed by atoms with Gasteiger partial charge in [-0.2, -0.15) is 0 Å². The van der Waals surface area contributed by atoms with Crippen LogP contribution in [-0.4, -0.2) is 16.2 Å². The van der Waals surface area contributed by atoms with Gasteiger partial charge in [0.25, 0.3) is 0 Å². The number of hydrogen-bond donors (Lipinski definition) is 2. The predicted octanol–water partition coefficient (Wildman–Crippen LogP) is 3.72. The number of carbonyl (C=O) groups is 1. The van der Waals surface area contributed by atoms with E-state index in [1.165, 1.54) is 12.1 Å². The van der Waals surface area contributed by atoms with Crippen molar-refractivity contribution < 1.29 is 19.7 Å². The minimum Gasteiger partial charge on any atom is -0.508 e. The highest BCUT2D eigenvalue weighted by molar-refractivity contribution is 9.10. The molecule has 2 aromatic rings. The van der Waals surface area contributed by atoms with E-state index in [-0.39, 0.29) is 5.75 Å². The van der Waals surface area contributed by atoms with Crippen LogP contribution in [-0.2, 0) is 9.53 Å². The molecule has 0 fully saturated rings. The number of cyclic esters (lactones) is 1. The summed E-state index contributed by atoms with van der Waals surface area (Å²) in [6.07, 6.45) is -0.731. The van der Waals surface area contributed by atoms with Gasteiger partial charge in [0.1, 0.15) is 5.75 Å². The smallest absolute Gasteiger partial charge is 0.374 e. The molecule has 0 aliphatic carbocycles. The number of esters is 1. The van der Waals surface area contributed by atoms with Gasteiger partial charge in [0.05, 0.1) is 5.57 Å². The average molecular weight is 347 g/mol. The summed E-state index contributed by atoms with van der Waals surface area (Å²) in [6.45, 7) is 0. The largest absolute Gasteiger partial charge is 0.508 e. The Bertz CT molecular complexity index is 734. The number of hydrogen-bond acceptors (Lipinski definition) is 4. The molecule has 0 unspecified atom stereocenters. The van der Waals surface area contributed by atoms with Crippen molar-refractivity contribution in [3.05, 3.63) is 69.9 Å². The SMILES string of the molecule is O=C1O[C@H](c2cccc(O)c2)C(c2ccc(Br)cc2)=C1O. The molecule has 0 bridgehead atoms. The Hall–Kier alpha value is -2.27. The molecule has 0 aromatic heterocycles. The molecule has 2 aromatic carbocycles. The summed E-state index contributed by atoms with van der Waals surface area (Å²) in [5.41, 5.74) is 1.69. The number of aliphatic hydroxyl groups is 1. The van der Waals surface area contributed by atoms with Crippen LogP contribution in [0.1, 0.15) is 17.2 Å². The van der Waals surface area contributed by atoms with Gasteiger partial charge in [-0.3, -0.25) is 0 Å². The van der Waals surface area contributed by atoms with Crippen LogP contribution in [0.5, 0.6) is 5.75 Å². The lowest BCUT2D eigenvalue weighted by molar-refractivity contribution is -0.142. The molecule has 0 saturated carbocycles. The monoisotopic (exact) mass is 346 g/mol. The first-order chi connectivity index (χ1) is 10.1. The van der Waals surface area contributed by atoms with Crippen LogP contribution in [0.3, 0.4) is 0 Å². The summed E-state index contributed by atoms with van der Waals surface area (Å²) < 4.78 is 6.12. The summed E-state index contributed by atoms with van der Waals surface area (Å²) in [6, 6.07) is 13.6. The third-order valence-electron chi connectivity index (χ3n) is 3.26. The molecule has 2 N–H and O–H groups in total. The summed E-state index contributed by atoms with van der Waals surface area (Å²) in [5, 5.41) is 19.6. The average Bonchev–Trinajstić information content (AvgIpc) is 2.76. The van der Waals surface area contributed by atoms with Gasteiger partial charge in [-0.15, -0.1) is 0 Å². The highest BCUT2D eigenvalue weighted by Gasteiger charge is 2.36. The van der Waals surface area contributed by atoms with Gasteiger partial charge in [0.2, 0.25) is 5.76 Å². The summed E-state index contributed by atoms with van der Waals surface area (Å²) in [7, 11) is 0. The van der Waals surface area contributed by atoms with Gasteiger partial charge in [-0.25, -0.2) is 4.79 Å². The minimum absolute atomic E-state index is 0.0742. The van der Waals surface area contributed by atoms with Crippen molar-refractivity contribution in [1.29, 1.82) is 0 Å². The van der Waals surface area contributed by atoms with E-state index < -0.39 is 17.8 Å². The molecule has 1 heterocycles. The maximum Gasteiger partial charge on any atom is 0.374 e. The molecule has 1 aliphatic heterocycles. The number of halogens is 1. The Balaban J connectivity index is 2.09. The molecule has 106 valence electrons. The number of phenols is 1. The maximum absolute atomic E-state index is 11.7. The van der Waals surface area contributed by atoms with E-state index in [0.717, 1.165) is 4.47 Å². The molecule has 0 radical (unpaired) electrons. The molecule has 1 aliphatic rings. The van der Waals surface area contributed by atoms with Crippen molar-refractivity contribution in [3.8, 4) is 5.75 Å². The highest BCUT2D eigenvalue weighted by Crippen LogP contribution is 2.41. The number of phenolic OH excluding ortho intramolecular Hbond substituents is 1. The van der Waals surface area contributed by atoms with Gasteiger partial charge >= 0.3 is 5.97 Å². The summed E-state index contributed by atoms with van der Waals surface area (Å²) in [5.74, 6) is -1.09. The molecular formula is C16H11BrO4. The van der Waals surface area contributed by atoms with E-state index >= 15 is 0 Å². The lowest BCUT2D eigenvalue weighted by Gasteiger charge is -2.14. The lowest BCUT2D eigenvalue weighted by atomic mass is 9.95. The van der Waals surface area contributed by atoms with Crippen molar-refractivity contribution in [2.75, 3.05) is 0 Å². The Morgan fingerprint density at radius 3 is 2.43 bits per heavy atom.